The summed E-state index contributed by atoms with van der Waals surface area (Å²) in [5.74, 6) is 0.295. The highest BCUT2D eigenvalue weighted by molar-refractivity contribution is 5.88. The Bertz CT molecular complexity index is 217. The maximum Gasteiger partial charge on any atom is 0.165 e. The summed E-state index contributed by atoms with van der Waals surface area (Å²) in [6.07, 6.45) is 1.65. The highest BCUT2D eigenvalue weighted by Crippen LogP contribution is 2.52. The van der Waals surface area contributed by atoms with E-state index in [9.17, 15) is 4.79 Å². The fourth-order valence-corrected chi connectivity index (χ4v) is 2.35. The first-order valence-corrected chi connectivity index (χ1v) is 4.14. The van der Waals surface area contributed by atoms with Crippen LogP contribution in [-0.2, 0) is 9.53 Å². The van der Waals surface area contributed by atoms with Crippen molar-refractivity contribution in [1.82, 2.24) is 0 Å². The summed E-state index contributed by atoms with van der Waals surface area (Å²) in [5, 5.41) is 0. The van der Waals surface area contributed by atoms with Crippen LogP contribution in [0.1, 0.15) is 33.6 Å². The zero-order valence-corrected chi connectivity index (χ0v) is 7.31. The van der Waals surface area contributed by atoms with Crippen LogP contribution in [-0.4, -0.2) is 17.5 Å². The Morgan fingerprint density at radius 3 is 2.64 bits per heavy atom. The monoisotopic (exact) mass is 154 g/mol. The number of carbonyl (C=O) groups is 1. The molecule has 1 aliphatic heterocycles. The minimum atomic E-state index is -0.0984. The molecule has 2 atom stereocenters. The topological polar surface area (TPSA) is 29.6 Å². The fourth-order valence-electron chi connectivity index (χ4n) is 2.35. The first kappa shape index (κ1) is 7.29. The van der Waals surface area contributed by atoms with E-state index in [1.54, 1.807) is 0 Å². The standard InChI is InChI=1S/C9H14O2/c1-8(2)4-6(10)7-9(3,5-8)11-7/h7H,4-5H2,1-3H3/t7-,9-/m0/s1. The number of fused-ring (bicyclic) bond motifs is 1. The summed E-state index contributed by atoms with van der Waals surface area (Å²) < 4.78 is 5.36. The van der Waals surface area contributed by atoms with Crippen LogP contribution < -0.4 is 0 Å². The summed E-state index contributed by atoms with van der Waals surface area (Å²) in [6, 6.07) is 0. The number of carbonyl (C=O) groups excluding carboxylic acids is 1. The first-order chi connectivity index (χ1) is 4.93. The Morgan fingerprint density at radius 2 is 2.09 bits per heavy atom. The van der Waals surface area contributed by atoms with Gasteiger partial charge in [-0.3, -0.25) is 4.79 Å². The lowest BCUT2D eigenvalue weighted by Crippen LogP contribution is -2.34. The molecular weight excluding hydrogens is 140 g/mol. The molecule has 2 rings (SSSR count). The van der Waals surface area contributed by atoms with Crippen molar-refractivity contribution < 1.29 is 9.53 Å². The van der Waals surface area contributed by atoms with Crippen LogP contribution in [0, 0.1) is 5.41 Å². The van der Waals surface area contributed by atoms with Crippen molar-refractivity contribution in [2.75, 3.05) is 0 Å². The van der Waals surface area contributed by atoms with Gasteiger partial charge < -0.3 is 4.74 Å². The molecule has 0 spiro atoms. The molecule has 1 aliphatic carbocycles. The largest absolute Gasteiger partial charge is 0.358 e. The molecule has 0 aromatic rings. The smallest absolute Gasteiger partial charge is 0.165 e. The van der Waals surface area contributed by atoms with Crippen LogP contribution in [0.25, 0.3) is 0 Å². The van der Waals surface area contributed by atoms with Crippen molar-refractivity contribution in [3.63, 3.8) is 0 Å². The Labute approximate surface area is 66.9 Å². The van der Waals surface area contributed by atoms with E-state index in [0.29, 0.717) is 12.2 Å². The van der Waals surface area contributed by atoms with E-state index < -0.39 is 0 Å². The van der Waals surface area contributed by atoms with Crippen LogP contribution in [0.5, 0.6) is 0 Å². The van der Waals surface area contributed by atoms with Gasteiger partial charge in [0, 0.05) is 6.42 Å². The lowest BCUT2D eigenvalue weighted by Gasteiger charge is -2.29. The Kier molecular flexibility index (Phi) is 1.12. The second-order valence-corrected chi connectivity index (χ2v) is 4.79. The molecule has 0 amide bonds. The van der Waals surface area contributed by atoms with E-state index >= 15 is 0 Å². The van der Waals surface area contributed by atoms with Crippen LogP contribution in [0.4, 0.5) is 0 Å². The lowest BCUT2D eigenvalue weighted by molar-refractivity contribution is -0.123. The summed E-state index contributed by atoms with van der Waals surface area (Å²) in [4.78, 5) is 11.3. The molecule has 0 bridgehead atoms. The van der Waals surface area contributed by atoms with Crippen LogP contribution in [0.3, 0.4) is 0 Å². The molecule has 1 heterocycles. The third kappa shape index (κ3) is 1.00. The number of hydrogen-bond acceptors (Lipinski definition) is 2. The van der Waals surface area contributed by atoms with Gasteiger partial charge in [0.05, 0.1) is 0 Å². The Balaban J connectivity index is 2.21. The van der Waals surface area contributed by atoms with E-state index in [1.165, 1.54) is 0 Å². The summed E-state index contributed by atoms with van der Waals surface area (Å²) in [6.45, 7) is 6.30. The minimum Gasteiger partial charge on any atom is -0.358 e. The maximum absolute atomic E-state index is 11.3. The van der Waals surface area contributed by atoms with Crippen molar-refractivity contribution in [2.45, 2.75) is 45.3 Å². The molecule has 11 heavy (non-hydrogen) atoms. The van der Waals surface area contributed by atoms with Crippen molar-refractivity contribution in [1.29, 1.82) is 0 Å². The Hall–Kier alpha value is -0.370. The molecule has 0 unspecified atom stereocenters. The molecule has 0 radical (unpaired) electrons. The number of Topliss-reactive ketones (excluding diaryl/α,β-unsaturated/α-hetero) is 1. The molecule has 0 N–H and O–H groups in total. The van der Waals surface area contributed by atoms with E-state index in [1.807, 2.05) is 6.92 Å². The fraction of sp³-hybridized carbons (Fsp3) is 0.889. The van der Waals surface area contributed by atoms with Crippen LogP contribution >= 0.6 is 0 Å². The van der Waals surface area contributed by atoms with E-state index in [0.717, 1.165) is 6.42 Å². The van der Waals surface area contributed by atoms with E-state index in [-0.39, 0.29) is 17.1 Å². The van der Waals surface area contributed by atoms with Gasteiger partial charge in [0.2, 0.25) is 0 Å². The van der Waals surface area contributed by atoms with Gasteiger partial charge in [0.1, 0.15) is 11.7 Å². The van der Waals surface area contributed by atoms with Gasteiger partial charge in [-0.2, -0.15) is 0 Å². The quantitative estimate of drug-likeness (QED) is 0.495. The van der Waals surface area contributed by atoms with Crippen molar-refractivity contribution in [3.05, 3.63) is 0 Å². The van der Waals surface area contributed by atoms with E-state index in [2.05, 4.69) is 13.8 Å². The van der Waals surface area contributed by atoms with Gasteiger partial charge in [-0.05, 0) is 18.8 Å². The minimum absolute atomic E-state index is 0.0597. The molecule has 0 aromatic carbocycles. The highest BCUT2D eigenvalue weighted by atomic mass is 16.6. The van der Waals surface area contributed by atoms with Crippen molar-refractivity contribution in [2.24, 2.45) is 5.41 Å². The third-order valence-corrected chi connectivity index (χ3v) is 2.66. The number of ketones is 1. The number of epoxide rings is 1. The molecule has 1 saturated carbocycles. The molecule has 62 valence electrons. The second-order valence-electron chi connectivity index (χ2n) is 4.79. The predicted molar refractivity (Wildman–Crippen MR) is 41.3 cm³/mol. The Morgan fingerprint density at radius 1 is 1.45 bits per heavy atom. The molecule has 2 heteroatoms. The molecule has 2 aliphatic rings. The summed E-state index contributed by atoms with van der Waals surface area (Å²) >= 11 is 0. The van der Waals surface area contributed by atoms with Gasteiger partial charge >= 0.3 is 0 Å². The zero-order valence-electron chi connectivity index (χ0n) is 7.31. The molecule has 2 nitrogen and oxygen atoms in total. The molecule has 1 saturated heterocycles. The van der Waals surface area contributed by atoms with Gasteiger partial charge in [0.15, 0.2) is 5.78 Å². The molecular formula is C9H14O2. The zero-order chi connectivity index (χ0) is 8.28. The molecule has 2 fully saturated rings. The number of hydrogen-bond donors (Lipinski definition) is 0. The van der Waals surface area contributed by atoms with Crippen LogP contribution in [0.15, 0.2) is 0 Å². The average molecular weight is 154 g/mol. The molecule has 0 aromatic heterocycles. The number of ether oxygens (including phenoxy) is 1. The van der Waals surface area contributed by atoms with Crippen LogP contribution in [0.2, 0.25) is 0 Å². The first-order valence-electron chi connectivity index (χ1n) is 4.14. The van der Waals surface area contributed by atoms with Gasteiger partial charge in [0.25, 0.3) is 0 Å². The predicted octanol–water partition coefficient (Wildman–Crippen LogP) is 1.53. The SMILES string of the molecule is CC1(C)CC(=O)[C@@H]2O[C@@]2(C)C1. The summed E-state index contributed by atoms with van der Waals surface area (Å²) in [7, 11) is 0. The second kappa shape index (κ2) is 1.69. The normalized spacial score (nSPS) is 46.8. The maximum atomic E-state index is 11.3. The lowest BCUT2D eigenvalue weighted by atomic mass is 9.72. The summed E-state index contributed by atoms with van der Waals surface area (Å²) in [5.41, 5.74) is 0.0532. The van der Waals surface area contributed by atoms with Crippen molar-refractivity contribution >= 4 is 5.78 Å². The number of rotatable bonds is 0. The highest BCUT2D eigenvalue weighted by Gasteiger charge is 2.62. The van der Waals surface area contributed by atoms with E-state index in [4.69, 9.17) is 4.74 Å². The third-order valence-electron chi connectivity index (χ3n) is 2.66. The van der Waals surface area contributed by atoms with Gasteiger partial charge in [-0.15, -0.1) is 0 Å². The average Bonchev–Trinajstić information content (AvgIpc) is 2.36. The van der Waals surface area contributed by atoms with Gasteiger partial charge in [-0.1, -0.05) is 13.8 Å². The van der Waals surface area contributed by atoms with Gasteiger partial charge in [-0.25, -0.2) is 0 Å². The van der Waals surface area contributed by atoms with Crippen molar-refractivity contribution in [3.8, 4) is 0 Å².